The minimum Gasteiger partial charge on any atom is -0.287 e. The normalized spacial score (nSPS) is 24.8. The highest BCUT2D eigenvalue weighted by molar-refractivity contribution is 8.16. The van der Waals surface area contributed by atoms with Gasteiger partial charge >= 0.3 is 0 Å². The number of hydrogen-bond donors (Lipinski definition) is 0. The van der Waals surface area contributed by atoms with Gasteiger partial charge in [-0.1, -0.05) is 42.6 Å². The van der Waals surface area contributed by atoms with Crippen LogP contribution in [0.15, 0.2) is 33.6 Å². The smallest absolute Gasteiger partial charge is 0.284 e. The van der Waals surface area contributed by atoms with E-state index in [1.165, 1.54) is 36.0 Å². The summed E-state index contributed by atoms with van der Waals surface area (Å²) in [4.78, 5) is 14.2. The number of hydrogen-bond acceptors (Lipinski definition) is 4. The van der Waals surface area contributed by atoms with Crippen LogP contribution in [0.25, 0.3) is 0 Å². The fourth-order valence-corrected chi connectivity index (χ4v) is 5.41. The van der Waals surface area contributed by atoms with Crippen molar-refractivity contribution in [2.75, 3.05) is 0 Å². The molecule has 1 saturated carbocycles. The number of thioether (sulfide) groups is 1. The van der Waals surface area contributed by atoms with E-state index in [-0.39, 0.29) is 22.1 Å². The van der Waals surface area contributed by atoms with Crippen LogP contribution < -0.4 is 0 Å². The standard InChI is InChI=1S/C16H19ClN2O3S2/c1-11-15(20)19(13-5-3-2-4-6-13)16(23-11)18-24(21,22)14-9-7-12(17)8-10-14/h7-11,13H,2-6H2,1H3/b18-16+. The molecule has 1 aromatic rings. The van der Waals surface area contributed by atoms with E-state index in [9.17, 15) is 13.2 Å². The van der Waals surface area contributed by atoms with E-state index in [1.54, 1.807) is 11.8 Å². The number of amidine groups is 1. The summed E-state index contributed by atoms with van der Waals surface area (Å²) in [6.45, 7) is 1.79. The second-order valence-corrected chi connectivity index (χ2v) is 9.41. The Morgan fingerprint density at radius 2 is 1.79 bits per heavy atom. The van der Waals surface area contributed by atoms with E-state index in [1.807, 2.05) is 0 Å². The quantitative estimate of drug-likeness (QED) is 0.794. The summed E-state index contributed by atoms with van der Waals surface area (Å²) in [7, 11) is -3.86. The molecular weight excluding hydrogens is 368 g/mol. The van der Waals surface area contributed by atoms with Gasteiger partial charge in [0.15, 0.2) is 5.17 Å². The molecule has 5 nitrogen and oxygen atoms in total. The Hall–Kier alpha value is -1.05. The number of amides is 1. The van der Waals surface area contributed by atoms with Gasteiger partial charge in [-0.2, -0.15) is 8.42 Å². The Kier molecular flexibility index (Phi) is 5.22. The molecule has 1 amide bonds. The number of carbonyl (C=O) groups is 1. The lowest BCUT2D eigenvalue weighted by Gasteiger charge is -2.30. The first kappa shape index (κ1) is 17.8. The van der Waals surface area contributed by atoms with Gasteiger partial charge in [0.05, 0.1) is 10.1 Å². The van der Waals surface area contributed by atoms with Crippen molar-refractivity contribution in [1.82, 2.24) is 4.90 Å². The molecule has 3 rings (SSSR count). The van der Waals surface area contributed by atoms with Crippen LogP contribution >= 0.6 is 23.4 Å². The van der Waals surface area contributed by atoms with Crippen molar-refractivity contribution < 1.29 is 13.2 Å². The summed E-state index contributed by atoms with van der Waals surface area (Å²) in [5, 5.41) is 0.463. The van der Waals surface area contributed by atoms with E-state index in [4.69, 9.17) is 11.6 Å². The van der Waals surface area contributed by atoms with Crippen LogP contribution in [0.4, 0.5) is 0 Å². The summed E-state index contributed by atoms with van der Waals surface area (Å²) in [5.74, 6) is -0.0445. The second-order valence-electron chi connectivity index (χ2n) is 6.06. The fraction of sp³-hybridized carbons (Fsp3) is 0.500. The highest BCUT2D eigenvalue weighted by Crippen LogP contribution is 2.34. The van der Waals surface area contributed by atoms with Crippen LogP contribution in [0.3, 0.4) is 0 Å². The molecule has 1 heterocycles. The molecule has 130 valence electrons. The van der Waals surface area contributed by atoms with Crippen LogP contribution in [0.1, 0.15) is 39.0 Å². The molecule has 1 aromatic carbocycles. The molecule has 0 aromatic heterocycles. The monoisotopic (exact) mass is 386 g/mol. The van der Waals surface area contributed by atoms with Gasteiger partial charge in [0.25, 0.3) is 10.0 Å². The molecule has 1 aliphatic heterocycles. The second kappa shape index (κ2) is 7.06. The summed E-state index contributed by atoms with van der Waals surface area (Å²) in [5.41, 5.74) is 0. The molecule has 8 heteroatoms. The van der Waals surface area contributed by atoms with E-state index in [2.05, 4.69) is 4.40 Å². The topological polar surface area (TPSA) is 66.8 Å². The van der Waals surface area contributed by atoms with Gasteiger partial charge in [0, 0.05) is 11.1 Å². The lowest BCUT2D eigenvalue weighted by molar-refractivity contribution is -0.127. The number of rotatable bonds is 3. The van der Waals surface area contributed by atoms with Crippen molar-refractivity contribution in [3.63, 3.8) is 0 Å². The minimum atomic E-state index is -3.86. The summed E-state index contributed by atoms with van der Waals surface area (Å²) < 4.78 is 29.1. The highest BCUT2D eigenvalue weighted by atomic mass is 35.5. The SMILES string of the molecule is CC1S/C(=N/S(=O)(=O)c2ccc(Cl)cc2)N(C2CCCCC2)C1=O. The molecule has 24 heavy (non-hydrogen) atoms. The summed E-state index contributed by atoms with van der Waals surface area (Å²) in [6.07, 6.45) is 5.09. The van der Waals surface area contributed by atoms with Crippen LogP contribution in [0.2, 0.25) is 5.02 Å². The Balaban J connectivity index is 1.93. The number of benzene rings is 1. The lowest BCUT2D eigenvalue weighted by atomic mass is 9.94. The Morgan fingerprint density at radius 3 is 2.42 bits per heavy atom. The van der Waals surface area contributed by atoms with Gasteiger partial charge in [-0.05, 0) is 44.0 Å². The lowest BCUT2D eigenvalue weighted by Crippen LogP contribution is -2.42. The molecule has 2 aliphatic rings. The minimum absolute atomic E-state index is 0.0445. The molecule has 1 atom stereocenters. The number of halogens is 1. The zero-order valence-corrected chi connectivity index (χ0v) is 15.7. The largest absolute Gasteiger partial charge is 0.287 e. The van der Waals surface area contributed by atoms with Crippen molar-refractivity contribution >= 4 is 44.5 Å². The van der Waals surface area contributed by atoms with E-state index >= 15 is 0 Å². The van der Waals surface area contributed by atoms with Crippen molar-refractivity contribution in [3.05, 3.63) is 29.3 Å². The van der Waals surface area contributed by atoms with Gasteiger partial charge < -0.3 is 0 Å². The maximum Gasteiger partial charge on any atom is 0.284 e. The molecule has 1 aliphatic carbocycles. The van der Waals surface area contributed by atoms with Crippen molar-refractivity contribution in [1.29, 1.82) is 0 Å². The van der Waals surface area contributed by atoms with Gasteiger partial charge in [0.2, 0.25) is 5.91 Å². The molecule has 1 saturated heterocycles. The Bertz CT molecular complexity index is 756. The Labute approximate surface area is 151 Å². The zero-order valence-electron chi connectivity index (χ0n) is 13.3. The third-order valence-corrected chi connectivity index (χ3v) is 7.03. The molecule has 2 fully saturated rings. The number of carbonyl (C=O) groups excluding carboxylic acids is 1. The van der Waals surface area contributed by atoms with Crippen LogP contribution in [-0.4, -0.2) is 35.7 Å². The van der Waals surface area contributed by atoms with E-state index in [0.717, 1.165) is 32.1 Å². The first-order chi connectivity index (χ1) is 11.4. The zero-order chi connectivity index (χ0) is 17.3. The predicted octanol–water partition coefficient (Wildman–Crippen LogP) is 3.68. The molecule has 1 unspecified atom stereocenters. The number of sulfonamides is 1. The van der Waals surface area contributed by atoms with Gasteiger partial charge in [-0.3, -0.25) is 9.69 Å². The third kappa shape index (κ3) is 3.63. The van der Waals surface area contributed by atoms with Crippen LogP contribution in [0, 0.1) is 0 Å². The molecular formula is C16H19ClN2O3S2. The highest BCUT2D eigenvalue weighted by Gasteiger charge is 2.40. The maximum atomic E-state index is 12.6. The maximum absolute atomic E-state index is 12.6. The van der Waals surface area contributed by atoms with Crippen molar-refractivity contribution in [2.45, 2.75) is 55.2 Å². The molecule has 0 bridgehead atoms. The molecule has 0 spiro atoms. The number of nitrogens with zero attached hydrogens (tertiary/aromatic N) is 2. The van der Waals surface area contributed by atoms with Gasteiger partial charge in [-0.15, -0.1) is 4.40 Å². The fourth-order valence-electron chi connectivity index (χ4n) is 3.06. The summed E-state index contributed by atoms with van der Waals surface area (Å²) in [6, 6.07) is 5.95. The third-order valence-electron chi connectivity index (χ3n) is 4.32. The first-order valence-electron chi connectivity index (χ1n) is 7.99. The van der Waals surface area contributed by atoms with Gasteiger partial charge in [0.1, 0.15) is 0 Å². The first-order valence-corrected chi connectivity index (χ1v) is 10.7. The van der Waals surface area contributed by atoms with Crippen molar-refractivity contribution in [3.8, 4) is 0 Å². The average Bonchev–Trinajstić information content (AvgIpc) is 2.82. The Morgan fingerprint density at radius 1 is 1.17 bits per heavy atom. The van der Waals surface area contributed by atoms with E-state index < -0.39 is 10.0 Å². The van der Waals surface area contributed by atoms with Gasteiger partial charge in [-0.25, -0.2) is 0 Å². The van der Waals surface area contributed by atoms with Crippen LogP contribution in [0.5, 0.6) is 0 Å². The predicted molar refractivity (Wildman–Crippen MR) is 96.8 cm³/mol. The molecule has 0 N–H and O–H groups in total. The average molecular weight is 387 g/mol. The summed E-state index contributed by atoms with van der Waals surface area (Å²) >= 11 is 7.03. The van der Waals surface area contributed by atoms with E-state index in [0.29, 0.717) is 10.2 Å². The molecule has 0 radical (unpaired) electrons. The van der Waals surface area contributed by atoms with Crippen LogP contribution in [-0.2, 0) is 14.8 Å². The van der Waals surface area contributed by atoms with Crippen molar-refractivity contribution in [2.24, 2.45) is 4.40 Å².